The van der Waals surface area contributed by atoms with Crippen LogP contribution < -0.4 is 16.6 Å². The summed E-state index contributed by atoms with van der Waals surface area (Å²) in [6, 6.07) is 1.95. The van der Waals surface area contributed by atoms with Gasteiger partial charge < -0.3 is 10.7 Å². The minimum absolute atomic E-state index is 0.0352. The number of nitrogens with one attached hydrogen (secondary N) is 2. The summed E-state index contributed by atoms with van der Waals surface area (Å²) in [6.07, 6.45) is 4.55. The number of rotatable bonds is 4. The first-order valence-electron chi connectivity index (χ1n) is 6.35. The number of amides is 1. The van der Waals surface area contributed by atoms with Crippen molar-refractivity contribution in [3.8, 4) is 0 Å². The SMILES string of the molecule is NNc1c(F)cc(C(=O)NCC2CCCC2)cc1F. The summed E-state index contributed by atoms with van der Waals surface area (Å²) in [5.74, 6) is 3.24. The molecule has 1 saturated carbocycles. The largest absolute Gasteiger partial charge is 0.352 e. The van der Waals surface area contributed by atoms with Crippen LogP contribution in [0.25, 0.3) is 0 Å². The van der Waals surface area contributed by atoms with E-state index in [4.69, 9.17) is 5.84 Å². The van der Waals surface area contributed by atoms with Crippen LogP contribution in [0.1, 0.15) is 36.0 Å². The number of benzene rings is 1. The van der Waals surface area contributed by atoms with Crippen LogP contribution in [0.5, 0.6) is 0 Å². The average Bonchev–Trinajstić information content (AvgIpc) is 2.88. The topological polar surface area (TPSA) is 67.1 Å². The molecule has 1 aromatic carbocycles. The van der Waals surface area contributed by atoms with Crippen molar-refractivity contribution in [1.29, 1.82) is 0 Å². The lowest BCUT2D eigenvalue weighted by Crippen LogP contribution is -2.28. The van der Waals surface area contributed by atoms with Crippen molar-refractivity contribution in [2.75, 3.05) is 12.0 Å². The van der Waals surface area contributed by atoms with Gasteiger partial charge in [-0.1, -0.05) is 12.8 Å². The third-order valence-electron chi connectivity index (χ3n) is 3.47. The molecule has 19 heavy (non-hydrogen) atoms. The lowest BCUT2D eigenvalue weighted by molar-refractivity contribution is 0.0946. The van der Waals surface area contributed by atoms with Crippen LogP contribution in [0.15, 0.2) is 12.1 Å². The Labute approximate surface area is 110 Å². The zero-order chi connectivity index (χ0) is 13.8. The molecule has 0 atom stereocenters. The molecule has 0 radical (unpaired) electrons. The quantitative estimate of drug-likeness (QED) is 0.579. The third-order valence-corrected chi connectivity index (χ3v) is 3.47. The van der Waals surface area contributed by atoms with Gasteiger partial charge in [0.05, 0.1) is 0 Å². The molecular weight excluding hydrogens is 252 g/mol. The Morgan fingerprint density at radius 1 is 1.26 bits per heavy atom. The molecule has 2 rings (SSSR count). The highest BCUT2D eigenvalue weighted by atomic mass is 19.1. The van der Waals surface area contributed by atoms with Gasteiger partial charge in [-0.15, -0.1) is 0 Å². The fourth-order valence-electron chi connectivity index (χ4n) is 2.40. The van der Waals surface area contributed by atoms with Crippen LogP contribution >= 0.6 is 0 Å². The van der Waals surface area contributed by atoms with Crippen molar-refractivity contribution in [1.82, 2.24) is 5.32 Å². The molecule has 0 saturated heterocycles. The van der Waals surface area contributed by atoms with Crippen LogP contribution in [-0.2, 0) is 0 Å². The number of carbonyl (C=O) groups is 1. The van der Waals surface area contributed by atoms with Crippen molar-refractivity contribution in [3.05, 3.63) is 29.3 Å². The second-order valence-corrected chi connectivity index (χ2v) is 4.82. The minimum Gasteiger partial charge on any atom is -0.352 e. The number of carbonyl (C=O) groups excluding carboxylic acids is 1. The summed E-state index contributed by atoms with van der Waals surface area (Å²) >= 11 is 0. The summed E-state index contributed by atoms with van der Waals surface area (Å²) in [4.78, 5) is 11.8. The van der Waals surface area contributed by atoms with E-state index in [9.17, 15) is 13.6 Å². The highest BCUT2D eigenvalue weighted by Crippen LogP contribution is 2.24. The first kappa shape index (κ1) is 13.7. The van der Waals surface area contributed by atoms with E-state index in [-0.39, 0.29) is 5.56 Å². The number of hydrogen-bond acceptors (Lipinski definition) is 3. The molecule has 1 amide bonds. The maximum Gasteiger partial charge on any atom is 0.251 e. The molecule has 4 N–H and O–H groups in total. The first-order valence-corrected chi connectivity index (χ1v) is 6.35. The van der Waals surface area contributed by atoms with Gasteiger partial charge in [-0.3, -0.25) is 10.6 Å². The lowest BCUT2D eigenvalue weighted by Gasteiger charge is -2.11. The molecular formula is C13H17F2N3O. The average molecular weight is 269 g/mol. The Morgan fingerprint density at radius 2 is 1.84 bits per heavy atom. The molecule has 1 aliphatic carbocycles. The first-order chi connectivity index (χ1) is 9.11. The Balaban J connectivity index is 2.02. The number of nitrogens with two attached hydrogens (primary N) is 1. The van der Waals surface area contributed by atoms with E-state index < -0.39 is 23.2 Å². The standard InChI is InChI=1S/C13H17F2N3O/c14-10-5-9(6-11(15)12(10)18-16)13(19)17-7-8-3-1-2-4-8/h5-6,8,18H,1-4,7,16H2,(H,17,19). The summed E-state index contributed by atoms with van der Waals surface area (Å²) in [6.45, 7) is 0.555. The second kappa shape index (κ2) is 5.97. The maximum atomic E-state index is 13.5. The molecule has 1 aromatic rings. The van der Waals surface area contributed by atoms with Crippen LogP contribution in [-0.4, -0.2) is 12.5 Å². The molecule has 0 heterocycles. The molecule has 1 fully saturated rings. The molecule has 4 nitrogen and oxygen atoms in total. The molecule has 0 aliphatic heterocycles. The molecule has 0 aromatic heterocycles. The van der Waals surface area contributed by atoms with Gasteiger partial charge in [-0.05, 0) is 30.9 Å². The van der Waals surface area contributed by atoms with E-state index in [1.54, 1.807) is 0 Å². The van der Waals surface area contributed by atoms with E-state index in [0.717, 1.165) is 25.0 Å². The zero-order valence-electron chi connectivity index (χ0n) is 10.5. The Hall–Kier alpha value is -1.69. The summed E-state index contributed by atoms with van der Waals surface area (Å²) in [5, 5.41) is 2.71. The van der Waals surface area contributed by atoms with E-state index in [1.165, 1.54) is 12.8 Å². The van der Waals surface area contributed by atoms with E-state index >= 15 is 0 Å². The summed E-state index contributed by atoms with van der Waals surface area (Å²) < 4.78 is 26.9. The predicted molar refractivity (Wildman–Crippen MR) is 68.5 cm³/mol. The molecule has 0 unspecified atom stereocenters. The van der Waals surface area contributed by atoms with Crippen molar-refractivity contribution in [2.24, 2.45) is 11.8 Å². The summed E-state index contributed by atoms with van der Waals surface area (Å²) in [7, 11) is 0. The predicted octanol–water partition coefficient (Wildman–Crippen LogP) is 2.17. The Bertz CT molecular complexity index is 450. The van der Waals surface area contributed by atoms with E-state index in [0.29, 0.717) is 12.5 Å². The van der Waals surface area contributed by atoms with Crippen molar-refractivity contribution < 1.29 is 13.6 Å². The van der Waals surface area contributed by atoms with Gasteiger partial charge in [0.15, 0.2) is 11.6 Å². The number of hydrazine groups is 1. The molecule has 104 valence electrons. The second-order valence-electron chi connectivity index (χ2n) is 4.82. The number of nitrogen functional groups attached to an aromatic ring is 1. The van der Waals surface area contributed by atoms with Gasteiger partial charge in [0, 0.05) is 12.1 Å². The number of halogens is 2. The molecule has 6 heteroatoms. The molecule has 1 aliphatic rings. The minimum atomic E-state index is -0.881. The van der Waals surface area contributed by atoms with E-state index in [1.807, 2.05) is 5.43 Å². The van der Waals surface area contributed by atoms with Crippen LogP contribution in [0.3, 0.4) is 0 Å². The molecule has 0 spiro atoms. The summed E-state index contributed by atoms with van der Waals surface area (Å²) in [5.41, 5.74) is 1.45. The maximum absolute atomic E-state index is 13.5. The Kier molecular flexibility index (Phi) is 4.31. The van der Waals surface area contributed by atoms with Crippen LogP contribution in [0.4, 0.5) is 14.5 Å². The van der Waals surface area contributed by atoms with Gasteiger partial charge in [0.1, 0.15) is 5.69 Å². The van der Waals surface area contributed by atoms with Gasteiger partial charge in [-0.2, -0.15) is 0 Å². The Morgan fingerprint density at radius 3 is 2.37 bits per heavy atom. The van der Waals surface area contributed by atoms with Crippen LogP contribution in [0, 0.1) is 17.6 Å². The van der Waals surface area contributed by atoms with Gasteiger partial charge in [-0.25, -0.2) is 8.78 Å². The molecule has 0 bridgehead atoms. The van der Waals surface area contributed by atoms with Crippen molar-refractivity contribution >= 4 is 11.6 Å². The van der Waals surface area contributed by atoms with Gasteiger partial charge >= 0.3 is 0 Å². The van der Waals surface area contributed by atoms with Crippen molar-refractivity contribution in [3.63, 3.8) is 0 Å². The highest BCUT2D eigenvalue weighted by molar-refractivity contribution is 5.94. The third kappa shape index (κ3) is 3.20. The van der Waals surface area contributed by atoms with Crippen LogP contribution in [0.2, 0.25) is 0 Å². The number of anilines is 1. The highest BCUT2D eigenvalue weighted by Gasteiger charge is 2.18. The zero-order valence-corrected chi connectivity index (χ0v) is 10.5. The van der Waals surface area contributed by atoms with Crippen molar-refractivity contribution in [2.45, 2.75) is 25.7 Å². The number of hydrogen-bond donors (Lipinski definition) is 3. The fraction of sp³-hybridized carbons (Fsp3) is 0.462. The normalized spacial score (nSPS) is 15.5. The van der Waals surface area contributed by atoms with Gasteiger partial charge in [0.25, 0.3) is 5.91 Å². The van der Waals surface area contributed by atoms with E-state index in [2.05, 4.69) is 5.32 Å². The smallest absolute Gasteiger partial charge is 0.251 e. The fourth-order valence-corrected chi connectivity index (χ4v) is 2.40. The van der Waals surface area contributed by atoms with Gasteiger partial charge in [0.2, 0.25) is 0 Å². The lowest BCUT2D eigenvalue weighted by atomic mass is 10.1. The monoisotopic (exact) mass is 269 g/mol.